The van der Waals surface area contributed by atoms with E-state index in [0.29, 0.717) is 6.04 Å². The molecule has 21 heavy (non-hydrogen) atoms. The number of rotatable bonds is 6. The highest BCUT2D eigenvalue weighted by molar-refractivity contribution is 5.39. The SMILES string of the molecule is CCCOc1ccccc1OC1CCCC(C)(C)C1NC. The summed E-state index contributed by atoms with van der Waals surface area (Å²) in [5.41, 5.74) is 0.261. The molecule has 0 amide bonds. The minimum Gasteiger partial charge on any atom is -0.490 e. The Labute approximate surface area is 129 Å². The van der Waals surface area contributed by atoms with Crippen LogP contribution in [0.1, 0.15) is 46.5 Å². The van der Waals surface area contributed by atoms with Crippen molar-refractivity contribution in [2.45, 2.75) is 58.6 Å². The lowest BCUT2D eigenvalue weighted by atomic mass is 9.72. The van der Waals surface area contributed by atoms with Crippen LogP contribution in [0.4, 0.5) is 0 Å². The van der Waals surface area contributed by atoms with Gasteiger partial charge in [0.25, 0.3) is 0 Å². The molecule has 0 heterocycles. The van der Waals surface area contributed by atoms with Gasteiger partial charge in [-0.15, -0.1) is 0 Å². The molecule has 1 aliphatic carbocycles. The van der Waals surface area contributed by atoms with Gasteiger partial charge in [0, 0.05) is 6.04 Å². The zero-order chi connectivity index (χ0) is 15.3. The van der Waals surface area contributed by atoms with Crippen LogP contribution in [0.3, 0.4) is 0 Å². The fourth-order valence-corrected chi connectivity index (χ4v) is 3.33. The summed E-state index contributed by atoms with van der Waals surface area (Å²) in [5, 5.41) is 3.46. The Bertz CT molecular complexity index is 445. The molecule has 1 aromatic carbocycles. The van der Waals surface area contributed by atoms with Crippen molar-refractivity contribution in [2.75, 3.05) is 13.7 Å². The summed E-state index contributed by atoms with van der Waals surface area (Å²) < 4.78 is 12.1. The predicted molar refractivity (Wildman–Crippen MR) is 87.1 cm³/mol. The first kappa shape index (κ1) is 16.2. The van der Waals surface area contributed by atoms with Crippen molar-refractivity contribution in [1.82, 2.24) is 5.32 Å². The van der Waals surface area contributed by atoms with E-state index in [1.54, 1.807) is 0 Å². The summed E-state index contributed by atoms with van der Waals surface area (Å²) in [6.45, 7) is 7.49. The van der Waals surface area contributed by atoms with Gasteiger partial charge < -0.3 is 14.8 Å². The molecule has 1 N–H and O–H groups in total. The third-order valence-electron chi connectivity index (χ3n) is 4.42. The molecule has 118 valence electrons. The third-order valence-corrected chi connectivity index (χ3v) is 4.42. The van der Waals surface area contributed by atoms with Gasteiger partial charge in [-0.05, 0) is 50.3 Å². The zero-order valence-corrected chi connectivity index (χ0v) is 13.8. The number of nitrogens with one attached hydrogen (secondary N) is 1. The Hall–Kier alpha value is -1.22. The maximum Gasteiger partial charge on any atom is 0.161 e. The summed E-state index contributed by atoms with van der Waals surface area (Å²) in [6, 6.07) is 8.38. The number of benzene rings is 1. The van der Waals surface area contributed by atoms with E-state index in [4.69, 9.17) is 9.47 Å². The van der Waals surface area contributed by atoms with Crippen LogP contribution in [0.2, 0.25) is 0 Å². The van der Waals surface area contributed by atoms with Crippen LogP contribution in [0.15, 0.2) is 24.3 Å². The molecule has 3 nitrogen and oxygen atoms in total. The van der Waals surface area contributed by atoms with E-state index in [2.05, 4.69) is 26.1 Å². The van der Waals surface area contributed by atoms with Gasteiger partial charge in [-0.2, -0.15) is 0 Å². The molecule has 1 aromatic rings. The minimum atomic E-state index is 0.199. The van der Waals surface area contributed by atoms with Gasteiger partial charge >= 0.3 is 0 Å². The van der Waals surface area contributed by atoms with Crippen molar-refractivity contribution < 1.29 is 9.47 Å². The van der Waals surface area contributed by atoms with E-state index < -0.39 is 0 Å². The molecule has 0 saturated heterocycles. The molecule has 1 aliphatic rings. The predicted octanol–water partition coefficient (Wildman–Crippen LogP) is 4.02. The van der Waals surface area contributed by atoms with Gasteiger partial charge in [-0.3, -0.25) is 0 Å². The first-order valence-corrected chi connectivity index (χ1v) is 8.14. The standard InChI is InChI=1S/C18H29NO2/c1-5-13-20-14-9-6-7-10-15(14)21-16-11-8-12-18(2,3)17(16)19-4/h6-7,9-10,16-17,19H,5,8,11-13H2,1-4H3. The lowest BCUT2D eigenvalue weighted by Crippen LogP contribution is -2.53. The number of hydrogen-bond donors (Lipinski definition) is 1. The van der Waals surface area contributed by atoms with E-state index >= 15 is 0 Å². The monoisotopic (exact) mass is 291 g/mol. The molecule has 1 fully saturated rings. The van der Waals surface area contributed by atoms with Crippen LogP contribution >= 0.6 is 0 Å². The maximum atomic E-state index is 6.34. The highest BCUT2D eigenvalue weighted by Gasteiger charge is 2.39. The van der Waals surface area contributed by atoms with E-state index in [1.165, 1.54) is 12.8 Å². The number of likely N-dealkylation sites (N-methyl/N-ethyl adjacent to an activating group) is 1. The van der Waals surface area contributed by atoms with Crippen molar-refractivity contribution in [3.63, 3.8) is 0 Å². The molecule has 0 aromatic heterocycles. The third kappa shape index (κ3) is 3.91. The van der Waals surface area contributed by atoms with Crippen LogP contribution in [-0.2, 0) is 0 Å². The summed E-state index contributed by atoms with van der Waals surface area (Å²) >= 11 is 0. The molecule has 0 radical (unpaired) electrons. The van der Waals surface area contributed by atoms with Crippen molar-refractivity contribution in [1.29, 1.82) is 0 Å². The second-order valence-electron chi connectivity index (χ2n) is 6.60. The van der Waals surface area contributed by atoms with Gasteiger partial charge in [-0.25, -0.2) is 0 Å². The smallest absolute Gasteiger partial charge is 0.161 e. The molecule has 0 aliphatic heterocycles. The van der Waals surface area contributed by atoms with Gasteiger partial charge in [-0.1, -0.05) is 32.9 Å². The average Bonchev–Trinajstić information content (AvgIpc) is 2.46. The van der Waals surface area contributed by atoms with Gasteiger partial charge in [0.1, 0.15) is 6.10 Å². The maximum absolute atomic E-state index is 6.34. The Morgan fingerprint density at radius 3 is 2.62 bits per heavy atom. The van der Waals surface area contributed by atoms with Crippen LogP contribution in [-0.4, -0.2) is 25.8 Å². The molecule has 0 bridgehead atoms. The van der Waals surface area contributed by atoms with Gasteiger partial charge in [0.05, 0.1) is 6.61 Å². The summed E-state index contributed by atoms with van der Waals surface area (Å²) in [4.78, 5) is 0. The van der Waals surface area contributed by atoms with Crippen LogP contribution in [0.5, 0.6) is 11.5 Å². The lowest BCUT2D eigenvalue weighted by molar-refractivity contribution is 0.0383. The second kappa shape index (κ2) is 7.17. The topological polar surface area (TPSA) is 30.5 Å². The first-order valence-electron chi connectivity index (χ1n) is 8.14. The number of para-hydroxylation sites is 2. The minimum absolute atomic E-state index is 0.199. The average molecular weight is 291 g/mol. The molecule has 3 heteroatoms. The summed E-state index contributed by atoms with van der Waals surface area (Å²) in [6.07, 6.45) is 4.76. The van der Waals surface area contributed by atoms with Crippen molar-refractivity contribution in [3.05, 3.63) is 24.3 Å². The fourth-order valence-electron chi connectivity index (χ4n) is 3.33. The Kier molecular flexibility index (Phi) is 5.51. The first-order chi connectivity index (χ1) is 10.1. The molecule has 2 atom stereocenters. The molecule has 1 saturated carbocycles. The van der Waals surface area contributed by atoms with Crippen LogP contribution < -0.4 is 14.8 Å². The Morgan fingerprint density at radius 2 is 1.95 bits per heavy atom. The molecule has 2 rings (SSSR count). The van der Waals surface area contributed by atoms with Crippen molar-refractivity contribution >= 4 is 0 Å². The Morgan fingerprint density at radius 1 is 1.24 bits per heavy atom. The van der Waals surface area contributed by atoms with Gasteiger partial charge in [0.15, 0.2) is 11.5 Å². The molecular weight excluding hydrogens is 262 g/mol. The second-order valence-corrected chi connectivity index (χ2v) is 6.60. The molecule has 2 unspecified atom stereocenters. The largest absolute Gasteiger partial charge is 0.490 e. The van der Waals surface area contributed by atoms with E-state index in [-0.39, 0.29) is 11.5 Å². The van der Waals surface area contributed by atoms with Crippen molar-refractivity contribution in [3.8, 4) is 11.5 Å². The Balaban J connectivity index is 2.13. The molecule has 0 spiro atoms. The van der Waals surface area contributed by atoms with Crippen LogP contribution in [0.25, 0.3) is 0 Å². The summed E-state index contributed by atoms with van der Waals surface area (Å²) in [5.74, 6) is 1.73. The van der Waals surface area contributed by atoms with E-state index in [0.717, 1.165) is 30.9 Å². The van der Waals surface area contributed by atoms with Crippen LogP contribution in [0, 0.1) is 5.41 Å². The normalized spacial score (nSPS) is 24.6. The van der Waals surface area contributed by atoms with E-state index in [1.807, 2.05) is 31.3 Å². The number of ether oxygens (including phenoxy) is 2. The van der Waals surface area contributed by atoms with E-state index in [9.17, 15) is 0 Å². The molecular formula is C18H29NO2. The highest BCUT2D eigenvalue weighted by Crippen LogP contribution is 2.38. The quantitative estimate of drug-likeness (QED) is 0.858. The highest BCUT2D eigenvalue weighted by atomic mass is 16.5. The number of hydrogen-bond acceptors (Lipinski definition) is 3. The fraction of sp³-hybridized carbons (Fsp3) is 0.667. The van der Waals surface area contributed by atoms with Gasteiger partial charge in [0.2, 0.25) is 0 Å². The summed E-state index contributed by atoms with van der Waals surface area (Å²) in [7, 11) is 2.04. The lowest BCUT2D eigenvalue weighted by Gasteiger charge is -2.43. The van der Waals surface area contributed by atoms with Crippen molar-refractivity contribution in [2.24, 2.45) is 5.41 Å². The zero-order valence-electron chi connectivity index (χ0n) is 13.8.